The summed E-state index contributed by atoms with van der Waals surface area (Å²) in [6, 6.07) is 21.2. The lowest BCUT2D eigenvalue weighted by molar-refractivity contribution is 0.843. The van der Waals surface area contributed by atoms with Crippen LogP contribution in [-0.2, 0) is 6.42 Å². The first-order chi connectivity index (χ1) is 7.86. The van der Waals surface area contributed by atoms with Gasteiger partial charge in [-0.3, -0.25) is 0 Å². The molecule has 0 nitrogen and oxygen atoms in total. The van der Waals surface area contributed by atoms with Crippen molar-refractivity contribution in [3.05, 3.63) is 78.2 Å². The van der Waals surface area contributed by atoms with Gasteiger partial charge in [0, 0.05) is 0 Å². The lowest BCUT2D eigenvalue weighted by atomic mass is 9.94. The van der Waals surface area contributed by atoms with E-state index >= 15 is 0 Å². The van der Waals surface area contributed by atoms with Crippen molar-refractivity contribution in [2.75, 3.05) is 0 Å². The lowest BCUT2D eigenvalue weighted by Gasteiger charge is -2.11. The highest BCUT2D eigenvalue weighted by Crippen LogP contribution is 2.19. The van der Waals surface area contributed by atoms with Gasteiger partial charge < -0.3 is 0 Å². The van der Waals surface area contributed by atoms with Crippen LogP contribution in [-0.4, -0.2) is 0 Å². The van der Waals surface area contributed by atoms with Crippen LogP contribution < -0.4 is 0 Å². The molecule has 0 saturated carbocycles. The molecule has 0 N–H and O–H groups in total. The summed E-state index contributed by atoms with van der Waals surface area (Å²) in [4.78, 5) is 0. The third-order valence-corrected chi connectivity index (χ3v) is 2.88. The predicted molar refractivity (Wildman–Crippen MR) is 69.3 cm³/mol. The van der Waals surface area contributed by atoms with Crippen LogP contribution >= 0.6 is 0 Å². The van der Waals surface area contributed by atoms with Gasteiger partial charge in [0.2, 0.25) is 0 Å². The molecular formula is C16H17. The van der Waals surface area contributed by atoms with Crippen molar-refractivity contribution in [1.29, 1.82) is 0 Å². The first-order valence-corrected chi connectivity index (χ1v) is 5.78. The Morgan fingerprint density at radius 3 is 2.06 bits per heavy atom. The van der Waals surface area contributed by atoms with Gasteiger partial charge in [0.05, 0.1) is 0 Å². The summed E-state index contributed by atoms with van der Waals surface area (Å²) in [6.45, 7) is 2.25. The average Bonchev–Trinajstić information content (AvgIpc) is 2.38. The Labute approximate surface area is 97.9 Å². The molecule has 0 aliphatic heterocycles. The van der Waals surface area contributed by atoms with Crippen LogP contribution in [0.5, 0.6) is 0 Å². The molecule has 2 aromatic rings. The second-order valence-electron chi connectivity index (χ2n) is 4.12. The van der Waals surface area contributed by atoms with Gasteiger partial charge in [-0.15, -0.1) is 0 Å². The standard InChI is InChI=1S/C16H17/c1-14(16-10-6-3-7-11-16)12-13-15-8-4-2-5-9-15/h2-12,14H,13H2,1H3. The molecule has 0 heterocycles. The largest absolute Gasteiger partial charge is 0.0622 e. The molecule has 16 heavy (non-hydrogen) atoms. The summed E-state index contributed by atoms with van der Waals surface area (Å²) in [5, 5.41) is 0. The van der Waals surface area contributed by atoms with Crippen molar-refractivity contribution in [2.45, 2.75) is 19.3 Å². The van der Waals surface area contributed by atoms with Gasteiger partial charge in [-0.2, -0.15) is 0 Å². The second-order valence-corrected chi connectivity index (χ2v) is 4.12. The molecule has 1 radical (unpaired) electrons. The van der Waals surface area contributed by atoms with Crippen LogP contribution in [0.3, 0.4) is 0 Å². The van der Waals surface area contributed by atoms with Crippen molar-refractivity contribution in [3.63, 3.8) is 0 Å². The first kappa shape index (κ1) is 10.9. The van der Waals surface area contributed by atoms with E-state index in [9.17, 15) is 0 Å². The van der Waals surface area contributed by atoms with Crippen molar-refractivity contribution in [2.24, 2.45) is 0 Å². The van der Waals surface area contributed by atoms with Crippen LogP contribution in [0.25, 0.3) is 0 Å². The third-order valence-electron chi connectivity index (χ3n) is 2.88. The Hall–Kier alpha value is -1.56. The molecule has 0 fully saturated rings. The van der Waals surface area contributed by atoms with E-state index in [1.807, 2.05) is 0 Å². The smallest absolute Gasteiger partial charge is 0.0156 e. The monoisotopic (exact) mass is 209 g/mol. The van der Waals surface area contributed by atoms with Gasteiger partial charge in [-0.1, -0.05) is 67.6 Å². The highest BCUT2D eigenvalue weighted by molar-refractivity contribution is 5.24. The molecule has 1 atom stereocenters. The fourth-order valence-corrected chi connectivity index (χ4v) is 1.82. The zero-order chi connectivity index (χ0) is 11.2. The summed E-state index contributed by atoms with van der Waals surface area (Å²) >= 11 is 0. The Bertz CT molecular complexity index is 403. The van der Waals surface area contributed by atoms with Gasteiger partial charge >= 0.3 is 0 Å². The summed E-state index contributed by atoms with van der Waals surface area (Å²) < 4.78 is 0. The minimum Gasteiger partial charge on any atom is -0.0622 e. The molecule has 2 aromatic carbocycles. The maximum atomic E-state index is 2.37. The predicted octanol–water partition coefficient (Wildman–Crippen LogP) is 4.24. The SMILES string of the molecule is CC([CH]Cc1ccccc1)c1ccccc1. The minimum absolute atomic E-state index is 0.515. The summed E-state index contributed by atoms with van der Waals surface area (Å²) in [5.41, 5.74) is 2.77. The summed E-state index contributed by atoms with van der Waals surface area (Å²) in [6.07, 6.45) is 3.40. The van der Waals surface area contributed by atoms with Crippen LogP contribution in [0.4, 0.5) is 0 Å². The Morgan fingerprint density at radius 2 is 1.44 bits per heavy atom. The van der Waals surface area contributed by atoms with Crippen molar-refractivity contribution < 1.29 is 0 Å². The first-order valence-electron chi connectivity index (χ1n) is 5.78. The number of hydrogen-bond acceptors (Lipinski definition) is 0. The Morgan fingerprint density at radius 1 is 0.875 bits per heavy atom. The van der Waals surface area contributed by atoms with E-state index in [4.69, 9.17) is 0 Å². The van der Waals surface area contributed by atoms with Gasteiger partial charge in [0.1, 0.15) is 0 Å². The molecule has 0 amide bonds. The molecule has 0 bridgehead atoms. The molecule has 2 rings (SSSR count). The van der Waals surface area contributed by atoms with E-state index in [2.05, 4.69) is 74.0 Å². The molecule has 0 saturated heterocycles. The van der Waals surface area contributed by atoms with Gasteiger partial charge in [-0.25, -0.2) is 0 Å². The Balaban J connectivity index is 1.92. The lowest BCUT2D eigenvalue weighted by Crippen LogP contribution is -1.97. The number of rotatable bonds is 4. The maximum absolute atomic E-state index is 2.37. The van der Waals surface area contributed by atoms with E-state index in [0.29, 0.717) is 5.92 Å². The number of benzene rings is 2. The highest BCUT2D eigenvalue weighted by atomic mass is 14.1. The fourth-order valence-electron chi connectivity index (χ4n) is 1.82. The quantitative estimate of drug-likeness (QED) is 0.706. The third kappa shape index (κ3) is 2.96. The van der Waals surface area contributed by atoms with Crippen molar-refractivity contribution in [1.82, 2.24) is 0 Å². The zero-order valence-electron chi connectivity index (χ0n) is 9.64. The van der Waals surface area contributed by atoms with E-state index in [-0.39, 0.29) is 0 Å². The second kappa shape index (κ2) is 5.50. The fraction of sp³-hybridized carbons (Fsp3) is 0.188. The molecule has 0 spiro atoms. The maximum Gasteiger partial charge on any atom is -0.0156 e. The molecule has 0 aliphatic carbocycles. The van der Waals surface area contributed by atoms with E-state index < -0.39 is 0 Å². The zero-order valence-corrected chi connectivity index (χ0v) is 9.64. The summed E-state index contributed by atoms with van der Waals surface area (Å²) in [5.74, 6) is 0.515. The summed E-state index contributed by atoms with van der Waals surface area (Å²) in [7, 11) is 0. The topological polar surface area (TPSA) is 0 Å². The molecule has 1 unspecified atom stereocenters. The molecule has 81 valence electrons. The van der Waals surface area contributed by atoms with Crippen molar-refractivity contribution >= 4 is 0 Å². The van der Waals surface area contributed by atoms with Gasteiger partial charge in [0.25, 0.3) is 0 Å². The Kier molecular flexibility index (Phi) is 3.76. The minimum atomic E-state index is 0.515. The molecule has 0 aliphatic rings. The number of hydrogen-bond donors (Lipinski definition) is 0. The highest BCUT2D eigenvalue weighted by Gasteiger charge is 2.04. The van der Waals surface area contributed by atoms with E-state index in [0.717, 1.165) is 6.42 Å². The van der Waals surface area contributed by atoms with Crippen LogP contribution in [0.15, 0.2) is 60.7 Å². The van der Waals surface area contributed by atoms with Crippen LogP contribution in [0.1, 0.15) is 24.0 Å². The average molecular weight is 209 g/mol. The van der Waals surface area contributed by atoms with Gasteiger partial charge in [0.15, 0.2) is 0 Å². The molecule has 0 aromatic heterocycles. The normalized spacial score (nSPS) is 12.3. The molecular weight excluding hydrogens is 192 g/mol. The van der Waals surface area contributed by atoms with E-state index in [1.165, 1.54) is 11.1 Å². The van der Waals surface area contributed by atoms with Crippen LogP contribution in [0, 0.1) is 6.42 Å². The van der Waals surface area contributed by atoms with E-state index in [1.54, 1.807) is 0 Å². The van der Waals surface area contributed by atoms with Gasteiger partial charge in [-0.05, 0) is 29.9 Å². The van der Waals surface area contributed by atoms with Crippen LogP contribution in [0.2, 0.25) is 0 Å². The molecule has 0 heteroatoms. The van der Waals surface area contributed by atoms with Crippen molar-refractivity contribution in [3.8, 4) is 0 Å².